The van der Waals surface area contributed by atoms with Crippen LogP contribution < -0.4 is 9.47 Å². The lowest BCUT2D eigenvalue weighted by Crippen LogP contribution is -2.58. The van der Waals surface area contributed by atoms with Gasteiger partial charge >= 0.3 is 6.09 Å². The van der Waals surface area contributed by atoms with Gasteiger partial charge in [-0.05, 0) is 45.4 Å². The maximum Gasteiger partial charge on any atom is 0.410 e. The van der Waals surface area contributed by atoms with Gasteiger partial charge in [0.1, 0.15) is 11.4 Å². The topological polar surface area (TPSA) is 81.2 Å². The van der Waals surface area contributed by atoms with E-state index >= 15 is 0 Å². The zero-order valence-corrected chi connectivity index (χ0v) is 19.4. The molecular formula is C24H31N3O5. The van der Waals surface area contributed by atoms with Crippen LogP contribution in [0.25, 0.3) is 10.9 Å². The Hall–Kier alpha value is -3.03. The molecule has 0 aliphatic carbocycles. The highest BCUT2D eigenvalue weighted by Gasteiger charge is 2.36. The molecule has 1 fully saturated rings. The normalized spacial score (nSPS) is 18.9. The molecule has 1 atom stereocenters. The molecule has 1 aromatic carbocycles. The van der Waals surface area contributed by atoms with Crippen LogP contribution in [0.5, 0.6) is 11.6 Å². The zero-order chi connectivity index (χ0) is 23.0. The summed E-state index contributed by atoms with van der Waals surface area (Å²) in [5.74, 6) is 1.04. The Labute approximate surface area is 188 Å². The molecule has 0 spiro atoms. The maximum absolute atomic E-state index is 13.5. The number of fused-ring (bicyclic) bond motifs is 3. The SMILES string of the molecule is CCc1cc2cc3c(cc2nc1OC)C(=O)N1CCN(C(=O)OC(C)(C)C)C[C@@H]1CCO3. The summed E-state index contributed by atoms with van der Waals surface area (Å²) in [6.07, 6.45) is 1.10. The Morgan fingerprint density at radius 3 is 2.72 bits per heavy atom. The first-order chi connectivity index (χ1) is 15.2. The molecule has 0 unspecified atom stereocenters. The Balaban J connectivity index is 1.62. The van der Waals surface area contributed by atoms with E-state index in [4.69, 9.17) is 14.2 Å². The summed E-state index contributed by atoms with van der Waals surface area (Å²) in [4.78, 5) is 34.2. The first-order valence-electron chi connectivity index (χ1n) is 11.1. The van der Waals surface area contributed by atoms with Crippen molar-refractivity contribution in [2.24, 2.45) is 0 Å². The van der Waals surface area contributed by atoms with Gasteiger partial charge in [-0.15, -0.1) is 0 Å². The molecular weight excluding hydrogens is 410 g/mol. The molecule has 172 valence electrons. The zero-order valence-electron chi connectivity index (χ0n) is 19.4. The Bertz CT molecular complexity index is 1050. The van der Waals surface area contributed by atoms with Gasteiger partial charge in [0.25, 0.3) is 5.91 Å². The minimum atomic E-state index is -0.556. The molecule has 0 saturated carbocycles. The lowest BCUT2D eigenvalue weighted by Gasteiger charge is -2.42. The molecule has 2 aliphatic heterocycles. The quantitative estimate of drug-likeness (QED) is 0.708. The van der Waals surface area contributed by atoms with Crippen molar-refractivity contribution in [3.63, 3.8) is 0 Å². The van der Waals surface area contributed by atoms with Crippen LogP contribution in [0.4, 0.5) is 4.79 Å². The summed E-state index contributed by atoms with van der Waals surface area (Å²) in [7, 11) is 1.60. The fourth-order valence-electron chi connectivity index (χ4n) is 4.27. The molecule has 1 aromatic heterocycles. The van der Waals surface area contributed by atoms with E-state index in [2.05, 4.69) is 11.9 Å². The number of amides is 2. The van der Waals surface area contributed by atoms with Crippen molar-refractivity contribution >= 4 is 22.9 Å². The summed E-state index contributed by atoms with van der Waals surface area (Å²) in [5.41, 5.74) is 1.64. The molecule has 32 heavy (non-hydrogen) atoms. The smallest absolute Gasteiger partial charge is 0.410 e. The largest absolute Gasteiger partial charge is 0.493 e. The highest BCUT2D eigenvalue weighted by Crippen LogP contribution is 2.32. The number of pyridine rings is 1. The van der Waals surface area contributed by atoms with Gasteiger partial charge in [-0.2, -0.15) is 0 Å². The lowest BCUT2D eigenvalue weighted by atomic mass is 10.0. The molecule has 2 aliphatic rings. The number of benzene rings is 1. The van der Waals surface area contributed by atoms with Gasteiger partial charge in [0.05, 0.1) is 30.8 Å². The second-order valence-corrected chi connectivity index (χ2v) is 9.27. The Morgan fingerprint density at radius 2 is 2.03 bits per heavy atom. The third-order valence-electron chi connectivity index (χ3n) is 5.86. The molecule has 0 bridgehead atoms. The maximum atomic E-state index is 13.5. The molecule has 2 amide bonds. The van der Waals surface area contributed by atoms with Crippen molar-refractivity contribution in [1.29, 1.82) is 0 Å². The average molecular weight is 442 g/mol. The van der Waals surface area contributed by atoms with E-state index in [9.17, 15) is 9.59 Å². The van der Waals surface area contributed by atoms with Gasteiger partial charge in [0.15, 0.2) is 0 Å². The molecule has 4 rings (SSSR count). The number of carbonyl (C=O) groups is 2. The number of nitrogens with zero attached hydrogens (tertiary/aromatic N) is 3. The summed E-state index contributed by atoms with van der Waals surface area (Å²) < 4.78 is 17.0. The van der Waals surface area contributed by atoms with Crippen molar-refractivity contribution in [3.05, 3.63) is 29.3 Å². The van der Waals surface area contributed by atoms with E-state index in [-0.39, 0.29) is 18.0 Å². The number of hydrogen-bond acceptors (Lipinski definition) is 6. The molecule has 0 radical (unpaired) electrons. The first-order valence-corrected chi connectivity index (χ1v) is 11.1. The summed E-state index contributed by atoms with van der Waals surface area (Å²) in [6.45, 7) is 9.37. The minimum absolute atomic E-state index is 0.101. The van der Waals surface area contributed by atoms with Crippen molar-refractivity contribution in [2.75, 3.05) is 33.4 Å². The van der Waals surface area contributed by atoms with Crippen molar-refractivity contribution < 1.29 is 23.8 Å². The van der Waals surface area contributed by atoms with Gasteiger partial charge in [-0.3, -0.25) is 4.79 Å². The Morgan fingerprint density at radius 1 is 1.25 bits per heavy atom. The van der Waals surface area contributed by atoms with Crippen molar-refractivity contribution in [1.82, 2.24) is 14.8 Å². The average Bonchev–Trinajstić information content (AvgIpc) is 2.75. The van der Waals surface area contributed by atoms with Crippen LogP contribution in [0.1, 0.15) is 50.0 Å². The van der Waals surface area contributed by atoms with Crippen molar-refractivity contribution in [3.8, 4) is 11.6 Å². The van der Waals surface area contributed by atoms with E-state index in [1.54, 1.807) is 18.1 Å². The van der Waals surface area contributed by atoms with E-state index < -0.39 is 5.60 Å². The van der Waals surface area contributed by atoms with E-state index in [0.717, 1.165) is 17.4 Å². The van der Waals surface area contributed by atoms with Crippen LogP contribution in [0, 0.1) is 0 Å². The number of rotatable bonds is 2. The summed E-state index contributed by atoms with van der Waals surface area (Å²) in [5, 5.41) is 0.918. The molecule has 0 N–H and O–H groups in total. The summed E-state index contributed by atoms with van der Waals surface area (Å²) in [6, 6.07) is 5.59. The van der Waals surface area contributed by atoms with Crippen LogP contribution in [0.2, 0.25) is 0 Å². The highest BCUT2D eigenvalue weighted by atomic mass is 16.6. The van der Waals surface area contributed by atoms with E-state index in [0.29, 0.717) is 55.4 Å². The summed E-state index contributed by atoms with van der Waals surface area (Å²) >= 11 is 0. The molecule has 3 heterocycles. The highest BCUT2D eigenvalue weighted by molar-refractivity contribution is 6.01. The van der Waals surface area contributed by atoms with Gasteiger partial charge < -0.3 is 24.0 Å². The third kappa shape index (κ3) is 4.31. The molecule has 2 aromatic rings. The third-order valence-corrected chi connectivity index (χ3v) is 5.86. The number of aryl methyl sites for hydroxylation is 1. The van der Waals surface area contributed by atoms with Gasteiger partial charge in [0.2, 0.25) is 5.88 Å². The number of carbonyl (C=O) groups excluding carboxylic acids is 2. The number of methoxy groups -OCH3 is 1. The fourth-order valence-corrected chi connectivity index (χ4v) is 4.27. The van der Waals surface area contributed by atoms with E-state index in [1.807, 2.05) is 37.8 Å². The van der Waals surface area contributed by atoms with Crippen LogP contribution in [0.15, 0.2) is 18.2 Å². The standard InChI is InChI=1S/C24H31N3O5/c1-6-15-11-16-12-20-18(13-19(16)25-21(15)30-5)22(28)27-9-8-26(14-17(27)7-10-31-20)23(29)32-24(2,3)4/h11-13,17H,6-10,14H2,1-5H3/t17-/m0/s1. The van der Waals surface area contributed by atoms with Gasteiger partial charge in [-0.25, -0.2) is 9.78 Å². The second-order valence-electron chi connectivity index (χ2n) is 9.27. The number of hydrogen-bond donors (Lipinski definition) is 0. The van der Waals surface area contributed by atoms with Crippen LogP contribution in [0.3, 0.4) is 0 Å². The number of ether oxygens (including phenoxy) is 3. The predicted octanol–water partition coefficient (Wildman–Crippen LogP) is 3.65. The monoisotopic (exact) mass is 441 g/mol. The van der Waals surface area contributed by atoms with Crippen LogP contribution in [-0.4, -0.2) is 71.8 Å². The second kappa shape index (κ2) is 8.48. The lowest BCUT2D eigenvalue weighted by molar-refractivity contribution is 0.00110. The first kappa shape index (κ1) is 22.2. The van der Waals surface area contributed by atoms with Crippen LogP contribution >= 0.6 is 0 Å². The Kier molecular flexibility index (Phi) is 5.88. The van der Waals surface area contributed by atoms with Gasteiger partial charge in [0, 0.05) is 37.0 Å². The molecule has 1 saturated heterocycles. The predicted molar refractivity (Wildman–Crippen MR) is 120 cm³/mol. The van der Waals surface area contributed by atoms with Gasteiger partial charge in [-0.1, -0.05) is 6.92 Å². The fraction of sp³-hybridized carbons (Fsp3) is 0.542. The van der Waals surface area contributed by atoms with E-state index in [1.165, 1.54) is 0 Å². The molecule has 8 nitrogen and oxygen atoms in total. The number of piperazine rings is 1. The minimum Gasteiger partial charge on any atom is -0.493 e. The van der Waals surface area contributed by atoms with Crippen LogP contribution in [-0.2, 0) is 11.2 Å². The number of aromatic nitrogens is 1. The molecule has 8 heteroatoms. The van der Waals surface area contributed by atoms with Crippen molar-refractivity contribution in [2.45, 2.75) is 52.2 Å².